The fourth-order valence-electron chi connectivity index (χ4n) is 4.13. The molecular formula is C19H29NO2. The maximum Gasteiger partial charge on any atom is 0.161 e. The minimum Gasteiger partial charge on any atom is -0.493 e. The van der Waals surface area contributed by atoms with Crippen LogP contribution in [0.15, 0.2) is 12.1 Å². The monoisotopic (exact) mass is 303 g/mol. The van der Waals surface area contributed by atoms with Crippen LogP contribution in [-0.4, -0.2) is 31.7 Å². The number of hydrogen-bond acceptors (Lipinski definition) is 3. The Morgan fingerprint density at radius 2 is 1.64 bits per heavy atom. The van der Waals surface area contributed by atoms with Crippen molar-refractivity contribution in [2.45, 2.75) is 58.0 Å². The van der Waals surface area contributed by atoms with Crippen LogP contribution in [0.5, 0.6) is 11.5 Å². The van der Waals surface area contributed by atoms with Gasteiger partial charge in [-0.05, 0) is 61.3 Å². The van der Waals surface area contributed by atoms with Gasteiger partial charge in [0.05, 0.1) is 14.2 Å². The van der Waals surface area contributed by atoms with Crippen LogP contribution in [0.25, 0.3) is 0 Å². The predicted octanol–water partition coefficient (Wildman–Crippen LogP) is 4.03. The maximum atomic E-state index is 5.47. The Balaban J connectivity index is 1.71. The van der Waals surface area contributed by atoms with Gasteiger partial charge in [0.1, 0.15) is 0 Å². The van der Waals surface area contributed by atoms with E-state index in [0.29, 0.717) is 0 Å². The highest BCUT2D eigenvalue weighted by Crippen LogP contribution is 2.36. The first-order valence-corrected chi connectivity index (χ1v) is 8.73. The molecule has 0 amide bonds. The van der Waals surface area contributed by atoms with E-state index in [0.717, 1.165) is 36.4 Å². The SMILES string of the molecule is CCC1CCC(N2CCc3cc(OC)c(OC)cc3C2)CC1. The number of ether oxygens (including phenoxy) is 2. The molecule has 1 saturated carbocycles. The first-order chi connectivity index (χ1) is 10.7. The number of hydrogen-bond donors (Lipinski definition) is 0. The Kier molecular flexibility index (Phi) is 4.92. The number of rotatable bonds is 4. The summed E-state index contributed by atoms with van der Waals surface area (Å²) in [7, 11) is 3.43. The van der Waals surface area contributed by atoms with Crippen molar-refractivity contribution in [2.24, 2.45) is 5.92 Å². The number of fused-ring (bicyclic) bond motifs is 1. The van der Waals surface area contributed by atoms with E-state index in [4.69, 9.17) is 9.47 Å². The molecule has 1 aromatic rings. The van der Waals surface area contributed by atoms with E-state index in [1.54, 1.807) is 14.2 Å². The molecule has 1 heterocycles. The van der Waals surface area contributed by atoms with Crippen LogP contribution < -0.4 is 9.47 Å². The largest absolute Gasteiger partial charge is 0.493 e. The van der Waals surface area contributed by atoms with Crippen molar-refractivity contribution in [3.8, 4) is 11.5 Å². The van der Waals surface area contributed by atoms with Gasteiger partial charge >= 0.3 is 0 Å². The maximum absolute atomic E-state index is 5.47. The van der Waals surface area contributed by atoms with E-state index < -0.39 is 0 Å². The molecule has 0 spiro atoms. The van der Waals surface area contributed by atoms with Gasteiger partial charge in [0.15, 0.2) is 11.5 Å². The molecule has 0 unspecified atom stereocenters. The number of nitrogens with zero attached hydrogens (tertiary/aromatic N) is 1. The molecule has 3 nitrogen and oxygen atoms in total. The summed E-state index contributed by atoms with van der Waals surface area (Å²) < 4.78 is 10.9. The molecule has 0 radical (unpaired) electrons. The van der Waals surface area contributed by atoms with Gasteiger partial charge in [-0.1, -0.05) is 13.3 Å². The average molecular weight is 303 g/mol. The van der Waals surface area contributed by atoms with E-state index in [1.807, 2.05) is 0 Å². The molecule has 22 heavy (non-hydrogen) atoms. The van der Waals surface area contributed by atoms with Gasteiger partial charge in [0, 0.05) is 19.1 Å². The van der Waals surface area contributed by atoms with Crippen LogP contribution in [0.1, 0.15) is 50.2 Å². The molecule has 122 valence electrons. The molecule has 1 fully saturated rings. The summed E-state index contributed by atoms with van der Waals surface area (Å²) in [6.45, 7) is 4.59. The van der Waals surface area contributed by atoms with E-state index in [2.05, 4.69) is 24.0 Å². The Morgan fingerprint density at radius 3 is 2.23 bits per heavy atom. The lowest BCUT2D eigenvalue weighted by Gasteiger charge is -2.39. The fraction of sp³-hybridized carbons (Fsp3) is 0.684. The predicted molar refractivity (Wildman–Crippen MR) is 89.7 cm³/mol. The van der Waals surface area contributed by atoms with Crippen molar-refractivity contribution in [2.75, 3.05) is 20.8 Å². The molecule has 2 aliphatic rings. The van der Waals surface area contributed by atoms with Crippen LogP contribution in [0, 0.1) is 5.92 Å². The fourth-order valence-corrected chi connectivity index (χ4v) is 4.13. The molecule has 0 N–H and O–H groups in total. The molecule has 3 rings (SSSR count). The number of benzene rings is 1. The van der Waals surface area contributed by atoms with Gasteiger partial charge in [-0.2, -0.15) is 0 Å². The molecule has 1 aliphatic heterocycles. The van der Waals surface area contributed by atoms with Gasteiger partial charge in [-0.25, -0.2) is 0 Å². The van der Waals surface area contributed by atoms with Crippen molar-refractivity contribution in [1.29, 1.82) is 0 Å². The molecule has 1 aliphatic carbocycles. The first kappa shape index (κ1) is 15.7. The lowest BCUT2D eigenvalue weighted by atomic mass is 9.83. The van der Waals surface area contributed by atoms with E-state index in [9.17, 15) is 0 Å². The zero-order valence-electron chi connectivity index (χ0n) is 14.2. The van der Waals surface area contributed by atoms with Crippen LogP contribution in [0.2, 0.25) is 0 Å². The Labute approximate surface area is 134 Å². The molecule has 1 aromatic carbocycles. The highest BCUT2D eigenvalue weighted by atomic mass is 16.5. The summed E-state index contributed by atoms with van der Waals surface area (Å²) in [5.41, 5.74) is 2.85. The van der Waals surface area contributed by atoms with Crippen molar-refractivity contribution >= 4 is 0 Å². The minimum absolute atomic E-state index is 0.782. The quantitative estimate of drug-likeness (QED) is 0.838. The Hall–Kier alpha value is -1.22. The van der Waals surface area contributed by atoms with Gasteiger partial charge in [0.2, 0.25) is 0 Å². The zero-order chi connectivity index (χ0) is 15.5. The summed E-state index contributed by atoms with van der Waals surface area (Å²) in [4.78, 5) is 2.69. The normalized spacial score (nSPS) is 25.6. The first-order valence-electron chi connectivity index (χ1n) is 8.73. The zero-order valence-corrected chi connectivity index (χ0v) is 14.2. The van der Waals surface area contributed by atoms with Crippen LogP contribution >= 0.6 is 0 Å². The van der Waals surface area contributed by atoms with E-state index in [1.165, 1.54) is 49.8 Å². The van der Waals surface area contributed by atoms with Gasteiger partial charge < -0.3 is 9.47 Å². The van der Waals surface area contributed by atoms with Crippen molar-refractivity contribution in [1.82, 2.24) is 4.90 Å². The summed E-state index contributed by atoms with van der Waals surface area (Å²) in [6.07, 6.45) is 8.06. The smallest absolute Gasteiger partial charge is 0.161 e. The molecule has 3 heteroatoms. The van der Waals surface area contributed by atoms with Crippen molar-refractivity contribution in [3.63, 3.8) is 0 Å². The number of methoxy groups -OCH3 is 2. The van der Waals surface area contributed by atoms with Crippen molar-refractivity contribution in [3.05, 3.63) is 23.3 Å². The molecule has 0 saturated heterocycles. The topological polar surface area (TPSA) is 21.7 Å². The summed E-state index contributed by atoms with van der Waals surface area (Å²) >= 11 is 0. The third-order valence-corrected chi connectivity index (χ3v) is 5.66. The van der Waals surface area contributed by atoms with E-state index in [-0.39, 0.29) is 0 Å². The second-order valence-corrected chi connectivity index (χ2v) is 6.78. The Bertz CT molecular complexity index is 506. The second kappa shape index (κ2) is 6.91. The standard InChI is InChI=1S/C19H29NO2/c1-4-14-5-7-17(8-6-14)20-10-9-15-11-18(21-2)19(22-3)12-16(15)13-20/h11-12,14,17H,4-10,13H2,1-3H3. The molecule has 0 bridgehead atoms. The average Bonchev–Trinajstić information content (AvgIpc) is 2.60. The van der Waals surface area contributed by atoms with Crippen LogP contribution in [-0.2, 0) is 13.0 Å². The minimum atomic E-state index is 0.782. The second-order valence-electron chi connectivity index (χ2n) is 6.78. The van der Waals surface area contributed by atoms with E-state index >= 15 is 0 Å². The third-order valence-electron chi connectivity index (χ3n) is 5.66. The summed E-state index contributed by atoms with van der Waals surface area (Å²) in [5, 5.41) is 0. The molecule has 0 atom stereocenters. The molecule has 0 aromatic heterocycles. The Morgan fingerprint density at radius 1 is 1.00 bits per heavy atom. The summed E-state index contributed by atoms with van der Waals surface area (Å²) in [5.74, 6) is 2.69. The van der Waals surface area contributed by atoms with Gasteiger partial charge in [-0.15, -0.1) is 0 Å². The third kappa shape index (κ3) is 3.10. The lowest BCUT2D eigenvalue weighted by Crippen LogP contribution is -2.41. The van der Waals surface area contributed by atoms with Gasteiger partial charge in [0.25, 0.3) is 0 Å². The summed E-state index contributed by atoms with van der Waals surface area (Å²) in [6, 6.07) is 5.13. The van der Waals surface area contributed by atoms with Gasteiger partial charge in [-0.3, -0.25) is 4.90 Å². The van der Waals surface area contributed by atoms with Crippen LogP contribution in [0.3, 0.4) is 0 Å². The van der Waals surface area contributed by atoms with Crippen molar-refractivity contribution < 1.29 is 9.47 Å². The van der Waals surface area contributed by atoms with Crippen LogP contribution in [0.4, 0.5) is 0 Å². The lowest BCUT2D eigenvalue weighted by molar-refractivity contribution is 0.122. The highest BCUT2D eigenvalue weighted by molar-refractivity contribution is 5.48. The molecular weight excluding hydrogens is 274 g/mol. The highest BCUT2D eigenvalue weighted by Gasteiger charge is 2.28.